The quantitative estimate of drug-likeness (QED) is 0.633. The van der Waals surface area contributed by atoms with Gasteiger partial charge in [0.2, 0.25) is 5.91 Å². The minimum Gasteiger partial charge on any atom is -0.326 e. The number of nitrogens with zero attached hydrogens (tertiary/aromatic N) is 2. The molecule has 0 fully saturated rings. The van der Waals surface area contributed by atoms with E-state index >= 15 is 0 Å². The standard InChI is InChI=1S/C21H18F3N5O2/c1-12(30)26-14-6-4-13(5-7-14)18-11-20(2,29-28-18)19(31)27-15-8-9-17(25-3)16(10-15)21(22,23)24/h4-10,29H,11H2,1-2H3,(H,26,30)(H,27,31). The summed E-state index contributed by atoms with van der Waals surface area (Å²) < 4.78 is 39.5. The number of halogens is 3. The van der Waals surface area contributed by atoms with Crippen molar-refractivity contribution in [3.05, 3.63) is 65.0 Å². The second kappa shape index (κ2) is 8.10. The fraction of sp³-hybridized carbons (Fsp3) is 0.238. The molecule has 2 aromatic rings. The number of hydrogen-bond acceptors (Lipinski definition) is 4. The van der Waals surface area contributed by atoms with E-state index in [1.54, 1.807) is 31.2 Å². The number of rotatable bonds is 4. The normalized spacial score (nSPS) is 17.9. The van der Waals surface area contributed by atoms with Gasteiger partial charge in [-0.05, 0) is 36.8 Å². The number of anilines is 2. The molecule has 1 aliphatic rings. The van der Waals surface area contributed by atoms with Gasteiger partial charge in [-0.25, -0.2) is 4.85 Å². The van der Waals surface area contributed by atoms with E-state index in [9.17, 15) is 22.8 Å². The summed E-state index contributed by atoms with van der Waals surface area (Å²) in [5.41, 5.74) is 1.80. The Kier molecular flexibility index (Phi) is 5.71. The number of hydrazone groups is 1. The lowest BCUT2D eigenvalue weighted by atomic mass is 9.93. The van der Waals surface area contributed by atoms with Crippen molar-refractivity contribution in [1.82, 2.24) is 5.43 Å². The van der Waals surface area contributed by atoms with Crippen molar-refractivity contribution < 1.29 is 22.8 Å². The van der Waals surface area contributed by atoms with Gasteiger partial charge in [0, 0.05) is 24.7 Å². The number of carbonyl (C=O) groups excluding carboxylic acids is 2. The molecule has 2 amide bonds. The predicted molar refractivity (Wildman–Crippen MR) is 110 cm³/mol. The van der Waals surface area contributed by atoms with Crippen molar-refractivity contribution in [3.63, 3.8) is 0 Å². The van der Waals surface area contributed by atoms with E-state index in [1.807, 2.05) is 0 Å². The van der Waals surface area contributed by atoms with Crippen LogP contribution in [0.5, 0.6) is 0 Å². The molecule has 10 heteroatoms. The molecule has 31 heavy (non-hydrogen) atoms. The smallest absolute Gasteiger partial charge is 0.326 e. The lowest BCUT2D eigenvalue weighted by Crippen LogP contribution is -2.47. The third-order valence-electron chi connectivity index (χ3n) is 4.68. The van der Waals surface area contributed by atoms with E-state index in [4.69, 9.17) is 6.57 Å². The Morgan fingerprint density at radius 2 is 1.77 bits per heavy atom. The van der Waals surface area contributed by atoms with Crippen LogP contribution in [0.25, 0.3) is 4.85 Å². The highest BCUT2D eigenvalue weighted by Gasteiger charge is 2.39. The van der Waals surface area contributed by atoms with Gasteiger partial charge < -0.3 is 10.6 Å². The van der Waals surface area contributed by atoms with Crippen molar-refractivity contribution in [3.8, 4) is 0 Å². The van der Waals surface area contributed by atoms with E-state index < -0.39 is 28.9 Å². The summed E-state index contributed by atoms with van der Waals surface area (Å²) in [4.78, 5) is 26.8. The Balaban J connectivity index is 1.72. The summed E-state index contributed by atoms with van der Waals surface area (Å²) in [5.74, 6) is -0.764. The van der Waals surface area contributed by atoms with E-state index in [1.165, 1.54) is 13.0 Å². The Labute approximate surface area is 176 Å². The minimum atomic E-state index is -4.71. The van der Waals surface area contributed by atoms with Gasteiger partial charge in [0.15, 0.2) is 5.69 Å². The third kappa shape index (κ3) is 4.83. The zero-order chi connectivity index (χ0) is 22.8. The first-order valence-corrected chi connectivity index (χ1v) is 9.14. The van der Waals surface area contributed by atoms with Crippen LogP contribution in [0.1, 0.15) is 31.4 Å². The molecule has 0 bridgehead atoms. The van der Waals surface area contributed by atoms with Crippen molar-refractivity contribution >= 4 is 34.6 Å². The highest BCUT2D eigenvalue weighted by Crippen LogP contribution is 2.38. The van der Waals surface area contributed by atoms with Crippen LogP contribution >= 0.6 is 0 Å². The van der Waals surface area contributed by atoms with Crippen LogP contribution in [0.3, 0.4) is 0 Å². The average molecular weight is 429 g/mol. The number of hydrogen-bond donors (Lipinski definition) is 3. The van der Waals surface area contributed by atoms with E-state index in [2.05, 4.69) is 26.0 Å². The number of nitrogens with one attached hydrogen (secondary N) is 3. The molecule has 0 saturated carbocycles. The lowest BCUT2D eigenvalue weighted by Gasteiger charge is -2.23. The second-order valence-electron chi connectivity index (χ2n) is 7.23. The third-order valence-corrected chi connectivity index (χ3v) is 4.68. The van der Waals surface area contributed by atoms with Gasteiger partial charge in [-0.3, -0.25) is 15.0 Å². The molecule has 0 aliphatic carbocycles. The van der Waals surface area contributed by atoms with Crippen molar-refractivity contribution in [2.75, 3.05) is 10.6 Å². The maximum atomic E-state index is 13.2. The van der Waals surface area contributed by atoms with E-state index in [0.29, 0.717) is 11.4 Å². The zero-order valence-electron chi connectivity index (χ0n) is 16.6. The van der Waals surface area contributed by atoms with Crippen LogP contribution in [0.2, 0.25) is 0 Å². The molecule has 1 atom stereocenters. The van der Waals surface area contributed by atoms with Crippen molar-refractivity contribution in [2.24, 2.45) is 5.10 Å². The molecule has 7 nitrogen and oxygen atoms in total. The maximum absolute atomic E-state index is 13.2. The monoisotopic (exact) mass is 429 g/mol. The van der Waals surface area contributed by atoms with Gasteiger partial charge in [0.1, 0.15) is 5.54 Å². The molecule has 0 saturated heterocycles. The highest BCUT2D eigenvalue weighted by molar-refractivity contribution is 6.09. The van der Waals surface area contributed by atoms with E-state index in [0.717, 1.165) is 17.7 Å². The topological polar surface area (TPSA) is 87.0 Å². The molecule has 1 aliphatic heterocycles. The molecule has 0 aromatic heterocycles. The summed E-state index contributed by atoms with van der Waals surface area (Å²) in [7, 11) is 0. The van der Waals surface area contributed by atoms with Gasteiger partial charge in [-0.2, -0.15) is 18.3 Å². The minimum absolute atomic E-state index is 0.0686. The molecule has 0 radical (unpaired) electrons. The number of amides is 2. The molecule has 160 valence electrons. The summed E-state index contributed by atoms with van der Waals surface area (Å²) in [5, 5.41) is 9.31. The van der Waals surface area contributed by atoms with Gasteiger partial charge in [0.25, 0.3) is 5.91 Å². The zero-order valence-corrected chi connectivity index (χ0v) is 16.6. The first kappa shape index (κ1) is 21.8. The average Bonchev–Trinajstić information content (AvgIpc) is 3.11. The van der Waals surface area contributed by atoms with Crippen molar-refractivity contribution in [1.29, 1.82) is 0 Å². The second-order valence-corrected chi connectivity index (χ2v) is 7.23. The fourth-order valence-corrected chi connectivity index (χ4v) is 3.06. The molecule has 2 aromatic carbocycles. The van der Waals surface area contributed by atoms with Crippen LogP contribution in [0.4, 0.5) is 30.2 Å². The summed E-state index contributed by atoms with van der Waals surface area (Å²) in [6.07, 6.45) is -4.51. The Hall–Kier alpha value is -3.87. The van der Waals surface area contributed by atoms with Gasteiger partial charge in [0.05, 0.1) is 17.8 Å². The molecule has 1 heterocycles. The summed E-state index contributed by atoms with van der Waals surface area (Å²) in [6, 6.07) is 9.91. The largest absolute Gasteiger partial charge is 0.407 e. The van der Waals surface area contributed by atoms with Gasteiger partial charge >= 0.3 is 6.18 Å². The van der Waals surface area contributed by atoms with Crippen LogP contribution in [0.15, 0.2) is 47.6 Å². The number of benzene rings is 2. The fourth-order valence-electron chi connectivity index (χ4n) is 3.06. The SMILES string of the molecule is [C-]#[N+]c1ccc(NC(=O)C2(C)CC(c3ccc(NC(C)=O)cc3)=NN2)cc1C(F)(F)F. The first-order chi connectivity index (χ1) is 14.5. The molecular weight excluding hydrogens is 411 g/mol. The van der Waals surface area contributed by atoms with Crippen LogP contribution in [-0.4, -0.2) is 23.1 Å². The Morgan fingerprint density at radius 1 is 1.13 bits per heavy atom. The summed E-state index contributed by atoms with van der Waals surface area (Å²) in [6.45, 7) is 9.87. The van der Waals surface area contributed by atoms with Crippen LogP contribution < -0.4 is 16.1 Å². The summed E-state index contributed by atoms with van der Waals surface area (Å²) >= 11 is 0. The predicted octanol–water partition coefficient (Wildman–Crippen LogP) is 4.31. The Bertz CT molecular complexity index is 1100. The highest BCUT2D eigenvalue weighted by atomic mass is 19.4. The lowest BCUT2D eigenvalue weighted by molar-refractivity contribution is -0.136. The van der Waals surface area contributed by atoms with E-state index in [-0.39, 0.29) is 18.0 Å². The number of carbonyl (C=O) groups is 2. The first-order valence-electron chi connectivity index (χ1n) is 9.14. The molecule has 1 unspecified atom stereocenters. The van der Waals surface area contributed by atoms with Crippen molar-refractivity contribution in [2.45, 2.75) is 32.0 Å². The van der Waals surface area contributed by atoms with Gasteiger partial charge in [-0.1, -0.05) is 18.2 Å². The maximum Gasteiger partial charge on any atom is 0.407 e. The van der Waals surface area contributed by atoms with Crippen LogP contribution in [0, 0.1) is 6.57 Å². The Morgan fingerprint density at radius 3 is 2.35 bits per heavy atom. The molecular formula is C21H18F3N5O2. The molecule has 0 spiro atoms. The molecule has 3 rings (SSSR count). The molecule has 3 N–H and O–H groups in total. The number of alkyl halides is 3. The van der Waals surface area contributed by atoms with Crippen LogP contribution in [-0.2, 0) is 15.8 Å². The van der Waals surface area contributed by atoms with Gasteiger partial charge in [-0.15, -0.1) is 0 Å².